The van der Waals surface area contributed by atoms with E-state index in [9.17, 15) is 9.59 Å². The van der Waals surface area contributed by atoms with Gasteiger partial charge in [-0.15, -0.1) is 0 Å². The molecule has 160 valence electrons. The van der Waals surface area contributed by atoms with E-state index in [1.54, 1.807) is 25.0 Å². The lowest BCUT2D eigenvalue weighted by Crippen LogP contribution is -2.37. The summed E-state index contributed by atoms with van der Waals surface area (Å²) < 4.78 is 10.7. The summed E-state index contributed by atoms with van der Waals surface area (Å²) in [6.07, 6.45) is 0.499. The van der Waals surface area contributed by atoms with Crippen LogP contribution >= 0.6 is 0 Å². The van der Waals surface area contributed by atoms with E-state index in [1.165, 1.54) is 0 Å². The number of nitrogens with zero attached hydrogens (tertiary/aromatic N) is 2. The Kier molecular flexibility index (Phi) is 6.02. The molecule has 1 fully saturated rings. The maximum absolute atomic E-state index is 12.9. The fraction of sp³-hybridized carbons (Fsp3) is 0.292. The summed E-state index contributed by atoms with van der Waals surface area (Å²) in [5.41, 5.74) is 3.66. The average molecular weight is 419 g/mol. The van der Waals surface area contributed by atoms with Crippen LogP contribution in [0.5, 0.6) is 5.75 Å². The molecule has 0 aliphatic carbocycles. The van der Waals surface area contributed by atoms with Gasteiger partial charge in [-0.1, -0.05) is 47.6 Å². The molecule has 2 amide bonds. The Labute approximate surface area is 181 Å². The van der Waals surface area contributed by atoms with Gasteiger partial charge in [0.1, 0.15) is 5.75 Å². The lowest BCUT2D eigenvalue weighted by Gasteiger charge is -2.23. The number of aromatic nitrogens is 1. The molecule has 7 nitrogen and oxygen atoms in total. The van der Waals surface area contributed by atoms with Crippen molar-refractivity contribution in [3.8, 4) is 16.9 Å². The summed E-state index contributed by atoms with van der Waals surface area (Å²) in [5, 5.41) is 6.74. The number of carbonyl (C=O) groups is 2. The van der Waals surface area contributed by atoms with Crippen LogP contribution in [-0.2, 0) is 11.2 Å². The van der Waals surface area contributed by atoms with Crippen molar-refractivity contribution < 1.29 is 18.8 Å². The first-order chi connectivity index (χ1) is 15.1. The Bertz CT molecular complexity index is 1090. The van der Waals surface area contributed by atoms with Crippen LogP contribution in [0.1, 0.15) is 21.8 Å². The van der Waals surface area contributed by atoms with Crippen molar-refractivity contribution in [1.82, 2.24) is 15.4 Å². The highest BCUT2D eigenvalue weighted by Crippen LogP contribution is 2.33. The second-order valence-electron chi connectivity index (χ2n) is 7.63. The second kappa shape index (κ2) is 9.04. The van der Waals surface area contributed by atoms with Gasteiger partial charge in [0, 0.05) is 31.3 Å². The number of methoxy groups -OCH3 is 1. The number of aryl methyl sites for hydroxylation is 1. The molecule has 1 saturated heterocycles. The Morgan fingerprint density at radius 3 is 2.68 bits per heavy atom. The van der Waals surface area contributed by atoms with Gasteiger partial charge in [-0.2, -0.15) is 0 Å². The molecule has 4 rings (SSSR count). The zero-order chi connectivity index (χ0) is 21.8. The third-order valence-corrected chi connectivity index (χ3v) is 5.50. The number of nitrogens with one attached hydrogen (secondary N) is 1. The fourth-order valence-electron chi connectivity index (χ4n) is 3.95. The van der Waals surface area contributed by atoms with Crippen molar-refractivity contribution in [3.05, 3.63) is 71.6 Å². The van der Waals surface area contributed by atoms with Crippen molar-refractivity contribution in [2.24, 2.45) is 5.92 Å². The maximum Gasteiger partial charge on any atom is 0.292 e. The Morgan fingerprint density at radius 1 is 1.19 bits per heavy atom. The SMILES string of the molecule is COc1ccccc1-c1ccccc1C[C@H]1CN(C(=O)c2cc(C)no2)CCNC1=O. The minimum atomic E-state index is -0.383. The van der Waals surface area contributed by atoms with Gasteiger partial charge in [-0.3, -0.25) is 9.59 Å². The summed E-state index contributed by atoms with van der Waals surface area (Å²) in [5.74, 6) is 0.281. The molecule has 0 unspecified atom stereocenters. The van der Waals surface area contributed by atoms with Gasteiger partial charge in [0.15, 0.2) is 0 Å². The monoisotopic (exact) mass is 419 g/mol. The van der Waals surface area contributed by atoms with Gasteiger partial charge in [0.2, 0.25) is 11.7 Å². The highest BCUT2D eigenvalue weighted by molar-refractivity contribution is 5.92. The van der Waals surface area contributed by atoms with E-state index in [0.29, 0.717) is 31.7 Å². The van der Waals surface area contributed by atoms with Crippen LogP contribution in [0.4, 0.5) is 0 Å². The van der Waals surface area contributed by atoms with E-state index < -0.39 is 0 Å². The van der Waals surface area contributed by atoms with E-state index in [4.69, 9.17) is 9.26 Å². The maximum atomic E-state index is 12.9. The molecule has 0 saturated carbocycles. The first-order valence-corrected chi connectivity index (χ1v) is 10.3. The van der Waals surface area contributed by atoms with E-state index in [0.717, 1.165) is 22.4 Å². The average Bonchev–Trinajstić information content (AvgIpc) is 3.15. The molecule has 1 N–H and O–H groups in total. The lowest BCUT2D eigenvalue weighted by atomic mass is 9.91. The molecule has 2 aromatic carbocycles. The largest absolute Gasteiger partial charge is 0.496 e. The molecule has 1 atom stereocenters. The molecule has 7 heteroatoms. The molecule has 31 heavy (non-hydrogen) atoms. The Hall–Kier alpha value is -3.61. The lowest BCUT2D eigenvalue weighted by molar-refractivity contribution is -0.124. The first kappa shape index (κ1) is 20.7. The van der Waals surface area contributed by atoms with Gasteiger partial charge in [-0.05, 0) is 30.5 Å². The van der Waals surface area contributed by atoms with E-state index >= 15 is 0 Å². The molecule has 3 aromatic rings. The van der Waals surface area contributed by atoms with E-state index in [1.807, 2.05) is 48.5 Å². The van der Waals surface area contributed by atoms with E-state index in [-0.39, 0.29) is 23.5 Å². The van der Waals surface area contributed by atoms with E-state index in [2.05, 4.69) is 10.5 Å². The predicted octanol–water partition coefficient (Wildman–Crippen LogP) is 3.09. The van der Waals surface area contributed by atoms with Crippen molar-refractivity contribution in [2.45, 2.75) is 13.3 Å². The number of para-hydroxylation sites is 1. The number of benzene rings is 2. The van der Waals surface area contributed by atoms with Gasteiger partial charge in [-0.25, -0.2) is 0 Å². The van der Waals surface area contributed by atoms with Crippen molar-refractivity contribution in [2.75, 3.05) is 26.7 Å². The van der Waals surface area contributed by atoms with Crippen LogP contribution in [-0.4, -0.2) is 48.6 Å². The number of amides is 2. The van der Waals surface area contributed by atoms with Gasteiger partial charge >= 0.3 is 0 Å². The van der Waals surface area contributed by atoms with Crippen LogP contribution in [0.2, 0.25) is 0 Å². The standard InChI is InChI=1S/C24H25N3O4/c1-16-13-22(31-26-16)24(29)27-12-11-25-23(28)18(15-27)14-17-7-3-4-8-19(17)20-9-5-6-10-21(20)30-2/h3-10,13,18H,11-12,14-15H2,1-2H3,(H,25,28)/t18-/m0/s1. The molecule has 0 radical (unpaired) electrons. The number of hydrogen-bond donors (Lipinski definition) is 1. The van der Waals surface area contributed by atoms with Gasteiger partial charge in [0.25, 0.3) is 5.91 Å². The quantitative estimate of drug-likeness (QED) is 0.687. The summed E-state index contributed by atoms with van der Waals surface area (Å²) in [4.78, 5) is 27.3. The molecular formula is C24H25N3O4. The summed E-state index contributed by atoms with van der Waals surface area (Å²) in [6.45, 7) is 2.91. The predicted molar refractivity (Wildman–Crippen MR) is 116 cm³/mol. The van der Waals surface area contributed by atoms with Crippen LogP contribution in [0.25, 0.3) is 11.1 Å². The minimum absolute atomic E-state index is 0.0566. The minimum Gasteiger partial charge on any atom is -0.496 e. The zero-order valence-electron chi connectivity index (χ0n) is 17.6. The summed E-state index contributed by atoms with van der Waals surface area (Å²) in [7, 11) is 1.65. The van der Waals surface area contributed by atoms with Crippen molar-refractivity contribution in [1.29, 1.82) is 0 Å². The number of hydrogen-bond acceptors (Lipinski definition) is 5. The van der Waals surface area contributed by atoms with Crippen molar-refractivity contribution in [3.63, 3.8) is 0 Å². The normalized spacial score (nSPS) is 16.5. The van der Waals surface area contributed by atoms with Crippen LogP contribution in [0.15, 0.2) is 59.1 Å². The third kappa shape index (κ3) is 4.45. The summed E-state index contributed by atoms with van der Waals surface area (Å²) in [6, 6.07) is 17.4. The molecular weight excluding hydrogens is 394 g/mol. The van der Waals surface area contributed by atoms with Crippen LogP contribution in [0.3, 0.4) is 0 Å². The topological polar surface area (TPSA) is 84.7 Å². The highest BCUT2D eigenvalue weighted by Gasteiger charge is 2.30. The molecule has 0 bridgehead atoms. The Balaban J connectivity index is 1.61. The third-order valence-electron chi connectivity index (χ3n) is 5.50. The molecule has 0 spiro atoms. The molecule has 1 aromatic heterocycles. The second-order valence-corrected chi connectivity index (χ2v) is 7.63. The smallest absolute Gasteiger partial charge is 0.292 e. The number of carbonyl (C=O) groups excluding carboxylic acids is 2. The summed E-state index contributed by atoms with van der Waals surface area (Å²) >= 11 is 0. The highest BCUT2D eigenvalue weighted by atomic mass is 16.5. The van der Waals surface area contributed by atoms with Crippen molar-refractivity contribution >= 4 is 11.8 Å². The molecule has 1 aliphatic heterocycles. The zero-order valence-corrected chi connectivity index (χ0v) is 17.6. The van der Waals surface area contributed by atoms with Gasteiger partial charge in [0.05, 0.1) is 18.7 Å². The van der Waals surface area contributed by atoms with Gasteiger partial charge < -0.3 is 19.5 Å². The number of ether oxygens (including phenoxy) is 1. The molecule has 2 heterocycles. The first-order valence-electron chi connectivity index (χ1n) is 10.3. The Morgan fingerprint density at radius 2 is 1.94 bits per heavy atom. The van der Waals surface area contributed by atoms with Crippen LogP contribution < -0.4 is 10.1 Å². The molecule has 1 aliphatic rings. The van der Waals surface area contributed by atoms with Crippen LogP contribution in [0, 0.1) is 12.8 Å². The number of rotatable bonds is 5. The fourth-order valence-corrected chi connectivity index (χ4v) is 3.95.